The third-order valence-corrected chi connectivity index (χ3v) is 4.14. The second-order valence-electron chi connectivity index (χ2n) is 5.65. The number of hydrogen-bond donors (Lipinski definition) is 1. The van der Waals surface area contributed by atoms with Crippen LogP contribution in [0.1, 0.15) is 11.1 Å². The van der Waals surface area contributed by atoms with Gasteiger partial charge in [0.25, 0.3) is 5.91 Å². The first-order valence-electron chi connectivity index (χ1n) is 7.86. The number of nitrogens with zero attached hydrogens (tertiary/aromatic N) is 1. The van der Waals surface area contributed by atoms with Crippen LogP contribution in [-0.4, -0.2) is 18.7 Å². The molecule has 0 fully saturated rings. The summed E-state index contributed by atoms with van der Waals surface area (Å²) in [5.74, 6) is -0.610. The lowest BCUT2D eigenvalue weighted by molar-refractivity contribution is -0.123. The molecule has 0 radical (unpaired) electrons. The van der Waals surface area contributed by atoms with Gasteiger partial charge in [-0.2, -0.15) is 5.10 Å². The zero-order valence-electron chi connectivity index (χ0n) is 14.2. The van der Waals surface area contributed by atoms with Crippen molar-refractivity contribution in [2.45, 2.75) is 6.92 Å². The van der Waals surface area contributed by atoms with Crippen molar-refractivity contribution in [3.63, 3.8) is 0 Å². The van der Waals surface area contributed by atoms with Gasteiger partial charge in [0.15, 0.2) is 6.61 Å². The summed E-state index contributed by atoms with van der Waals surface area (Å²) in [6.07, 6.45) is 1.20. The van der Waals surface area contributed by atoms with E-state index < -0.39 is 17.3 Å². The van der Waals surface area contributed by atoms with Gasteiger partial charge in [0.05, 0.1) is 6.21 Å². The molecule has 0 spiro atoms. The van der Waals surface area contributed by atoms with Gasteiger partial charge in [0.1, 0.15) is 17.1 Å². The van der Waals surface area contributed by atoms with Gasteiger partial charge in [-0.05, 0) is 42.8 Å². The minimum Gasteiger partial charge on any atom is -0.484 e. The first-order valence-corrected chi connectivity index (χ1v) is 8.66. The maximum absolute atomic E-state index is 13.6. The van der Waals surface area contributed by atoms with Crippen molar-refractivity contribution >= 4 is 39.0 Å². The van der Waals surface area contributed by atoms with E-state index in [2.05, 4.69) is 26.5 Å². The second-order valence-corrected chi connectivity index (χ2v) is 6.57. The van der Waals surface area contributed by atoms with E-state index in [1.807, 2.05) is 0 Å². The van der Waals surface area contributed by atoms with Crippen LogP contribution in [0, 0.1) is 12.7 Å². The van der Waals surface area contributed by atoms with Gasteiger partial charge in [-0.3, -0.25) is 4.79 Å². The van der Waals surface area contributed by atoms with E-state index in [0.29, 0.717) is 15.8 Å². The Kier molecular flexibility index (Phi) is 5.66. The van der Waals surface area contributed by atoms with Crippen molar-refractivity contribution in [1.29, 1.82) is 0 Å². The second kappa shape index (κ2) is 8.13. The third kappa shape index (κ3) is 4.79. The number of carbonyl (C=O) groups is 1. The normalized spacial score (nSPS) is 11.1. The smallest absolute Gasteiger partial charge is 0.336 e. The molecule has 0 aliphatic heterocycles. The van der Waals surface area contributed by atoms with E-state index in [1.54, 1.807) is 25.1 Å². The average molecular weight is 433 g/mol. The van der Waals surface area contributed by atoms with Crippen LogP contribution in [0.5, 0.6) is 5.75 Å². The Morgan fingerprint density at radius 1 is 1.30 bits per heavy atom. The summed E-state index contributed by atoms with van der Waals surface area (Å²) in [5.41, 5.74) is 3.19. The lowest BCUT2D eigenvalue weighted by atomic mass is 10.1. The van der Waals surface area contributed by atoms with Gasteiger partial charge in [0.2, 0.25) is 0 Å². The lowest BCUT2D eigenvalue weighted by Crippen LogP contribution is -2.24. The van der Waals surface area contributed by atoms with E-state index in [0.717, 1.165) is 10.9 Å². The highest BCUT2D eigenvalue weighted by molar-refractivity contribution is 9.10. The Labute approximate surface area is 161 Å². The molecular weight excluding hydrogens is 419 g/mol. The molecule has 0 bridgehead atoms. The van der Waals surface area contributed by atoms with Crippen molar-refractivity contribution in [1.82, 2.24) is 5.43 Å². The zero-order valence-corrected chi connectivity index (χ0v) is 15.7. The van der Waals surface area contributed by atoms with Gasteiger partial charge in [-0.1, -0.05) is 15.9 Å². The number of aryl methyl sites for hydroxylation is 1. The van der Waals surface area contributed by atoms with Gasteiger partial charge >= 0.3 is 5.63 Å². The molecule has 1 heterocycles. The molecule has 1 amide bonds. The number of halogens is 2. The number of hydrazone groups is 1. The Morgan fingerprint density at radius 3 is 2.93 bits per heavy atom. The average Bonchev–Trinajstić information content (AvgIpc) is 2.62. The number of hydrogen-bond acceptors (Lipinski definition) is 5. The molecule has 3 aromatic rings. The van der Waals surface area contributed by atoms with Crippen molar-refractivity contribution in [2.24, 2.45) is 5.10 Å². The maximum atomic E-state index is 13.6. The van der Waals surface area contributed by atoms with E-state index in [9.17, 15) is 14.0 Å². The molecular formula is C19H14BrFN2O4. The summed E-state index contributed by atoms with van der Waals surface area (Å²) in [6, 6.07) is 10.7. The molecule has 0 aliphatic carbocycles. The molecule has 0 saturated carbocycles. The maximum Gasteiger partial charge on any atom is 0.336 e. The Balaban J connectivity index is 1.60. The van der Waals surface area contributed by atoms with Crippen LogP contribution >= 0.6 is 15.9 Å². The van der Waals surface area contributed by atoms with E-state index in [4.69, 9.17) is 9.15 Å². The molecule has 8 heteroatoms. The molecule has 0 unspecified atom stereocenters. The summed E-state index contributed by atoms with van der Waals surface area (Å²) >= 11 is 3.23. The van der Waals surface area contributed by atoms with Crippen molar-refractivity contribution < 1.29 is 18.3 Å². The monoisotopic (exact) mass is 432 g/mol. The zero-order chi connectivity index (χ0) is 19.4. The fourth-order valence-corrected chi connectivity index (χ4v) is 2.74. The number of nitrogens with one attached hydrogen (secondary N) is 1. The van der Waals surface area contributed by atoms with Gasteiger partial charge in [-0.25, -0.2) is 14.6 Å². The molecule has 1 aromatic heterocycles. The van der Waals surface area contributed by atoms with E-state index in [-0.39, 0.29) is 12.2 Å². The van der Waals surface area contributed by atoms with E-state index >= 15 is 0 Å². The van der Waals surface area contributed by atoms with Crippen LogP contribution in [0.3, 0.4) is 0 Å². The summed E-state index contributed by atoms with van der Waals surface area (Å²) < 4.78 is 24.8. The standard InChI is InChI=1S/C19H14BrFN2O4/c1-11-6-19(25)27-17-8-14(3-4-15(11)17)26-10-18(24)23-22-9-12-7-13(20)2-5-16(12)21/h2-9H,10H2,1H3,(H,23,24)/b22-9+. The fraction of sp³-hybridized carbons (Fsp3) is 0.105. The molecule has 3 rings (SSSR count). The predicted molar refractivity (Wildman–Crippen MR) is 103 cm³/mol. The van der Waals surface area contributed by atoms with Gasteiger partial charge in [-0.15, -0.1) is 0 Å². The summed E-state index contributed by atoms with van der Waals surface area (Å²) in [4.78, 5) is 23.2. The molecule has 0 atom stereocenters. The highest BCUT2D eigenvalue weighted by Gasteiger charge is 2.06. The Hall–Kier alpha value is -3.00. The summed E-state index contributed by atoms with van der Waals surface area (Å²) in [5, 5.41) is 4.49. The minimum atomic E-state index is -0.521. The van der Waals surface area contributed by atoms with Crippen LogP contribution < -0.4 is 15.8 Å². The first-order chi connectivity index (χ1) is 12.9. The minimum absolute atomic E-state index is 0.227. The highest BCUT2D eigenvalue weighted by Crippen LogP contribution is 2.22. The van der Waals surface area contributed by atoms with Crippen LogP contribution in [0.15, 0.2) is 61.3 Å². The third-order valence-electron chi connectivity index (χ3n) is 3.64. The number of fused-ring (bicyclic) bond motifs is 1. The van der Waals surface area contributed by atoms with Crippen LogP contribution in [0.4, 0.5) is 4.39 Å². The topological polar surface area (TPSA) is 80.9 Å². The van der Waals surface area contributed by atoms with Crippen LogP contribution in [0.2, 0.25) is 0 Å². The molecule has 6 nitrogen and oxygen atoms in total. The van der Waals surface area contributed by atoms with Crippen LogP contribution in [-0.2, 0) is 4.79 Å². The fourth-order valence-electron chi connectivity index (χ4n) is 2.36. The van der Waals surface area contributed by atoms with Crippen molar-refractivity contribution in [3.05, 3.63) is 74.3 Å². The molecule has 138 valence electrons. The SMILES string of the molecule is Cc1cc(=O)oc2cc(OCC(=O)N/N=C/c3cc(Br)ccc3F)ccc12. The summed E-state index contributed by atoms with van der Waals surface area (Å²) in [6.45, 7) is 1.50. The molecule has 0 aliphatic rings. The largest absolute Gasteiger partial charge is 0.484 e. The van der Waals surface area contributed by atoms with E-state index in [1.165, 1.54) is 30.5 Å². The van der Waals surface area contributed by atoms with Gasteiger partial charge in [0, 0.05) is 27.6 Å². The Bertz CT molecular complexity index is 1090. The Morgan fingerprint density at radius 2 is 2.11 bits per heavy atom. The number of carbonyl (C=O) groups excluding carboxylic acids is 1. The van der Waals surface area contributed by atoms with Crippen molar-refractivity contribution in [3.8, 4) is 5.75 Å². The number of benzene rings is 2. The highest BCUT2D eigenvalue weighted by atomic mass is 79.9. The quantitative estimate of drug-likeness (QED) is 0.379. The molecule has 27 heavy (non-hydrogen) atoms. The van der Waals surface area contributed by atoms with Crippen molar-refractivity contribution in [2.75, 3.05) is 6.61 Å². The number of rotatable bonds is 5. The number of amides is 1. The molecule has 2 aromatic carbocycles. The van der Waals surface area contributed by atoms with Gasteiger partial charge < -0.3 is 9.15 Å². The predicted octanol–water partition coefficient (Wildman–Crippen LogP) is 3.53. The summed E-state index contributed by atoms with van der Waals surface area (Å²) in [7, 11) is 0. The van der Waals surface area contributed by atoms with Crippen LogP contribution in [0.25, 0.3) is 11.0 Å². The number of ether oxygens (including phenoxy) is 1. The first kappa shape index (κ1) is 18.8. The molecule has 1 N–H and O–H groups in total. The lowest BCUT2D eigenvalue weighted by Gasteiger charge is -2.06. The molecule has 0 saturated heterocycles.